The highest BCUT2D eigenvalue weighted by molar-refractivity contribution is 7.09. The van der Waals surface area contributed by atoms with E-state index in [0.29, 0.717) is 0 Å². The Morgan fingerprint density at radius 2 is 2.00 bits per heavy atom. The van der Waals surface area contributed by atoms with Gasteiger partial charge in [0.1, 0.15) is 12.0 Å². The van der Waals surface area contributed by atoms with Crippen molar-refractivity contribution >= 4 is 11.5 Å². The summed E-state index contributed by atoms with van der Waals surface area (Å²) in [5.74, 6) is -0.240. The van der Waals surface area contributed by atoms with Gasteiger partial charge in [0.2, 0.25) is 0 Å². The molecule has 0 saturated heterocycles. The molecule has 0 bridgehead atoms. The lowest BCUT2D eigenvalue weighted by atomic mass is 10.2. The molecule has 59 valence electrons. The lowest BCUT2D eigenvalue weighted by Crippen LogP contribution is -1.74. The summed E-state index contributed by atoms with van der Waals surface area (Å²) in [5.41, 5.74) is 0.895. The maximum absolute atomic E-state index is 12.5. The average Bonchev–Trinajstić information content (AvgIpc) is 2.58. The number of benzene rings is 1. The van der Waals surface area contributed by atoms with E-state index in [1.54, 1.807) is 12.1 Å². The second-order valence-electron chi connectivity index (χ2n) is 2.22. The minimum atomic E-state index is -0.240. The van der Waals surface area contributed by atoms with Crippen LogP contribution in [0.2, 0.25) is 0 Å². The number of nitrogens with zero attached hydrogens (tertiary/aromatic N) is 2. The molecule has 4 heteroatoms. The number of hydrogen-bond donors (Lipinski definition) is 0. The van der Waals surface area contributed by atoms with Gasteiger partial charge in [-0.3, -0.25) is 0 Å². The van der Waals surface area contributed by atoms with Crippen LogP contribution in [0.5, 0.6) is 0 Å². The lowest BCUT2D eigenvalue weighted by Gasteiger charge is -1.92. The van der Waals surface area contributed by atoms with Crippen molar-refractivity contribution in [2.45, 2.75) is 0 Å². The Bertz CT molecular complexity index is 355. The van der Waals surface area contributed by atoms with Crippen molar-refractivity contribution in [3.05, 3.63) is 36.3 Å². The van der Waals surface area contributed by atoms with Gasteiger partial charge in [-0.1, -0.05) is 16.6 Å². The molecule has 0 atom stereocenters. The molecule has 0 saturated carbocycles. The Morgan fingerprint density at radius 3 is 2.58 bits per heavy atom. The van der Waals surface area contributed by atoms with E-state index >= 15 is 0 Å². The second kappa shape index (κ2) is 2.98. The molecule has 0 amide bonds. The van der Waals surface area contributed by atoms with Crippen LogP contribution in [0.25, 0.3) is 10.4 Å². The lowest BCUT2D eigenvalue weighted by molar-refractivity contribution is 0.628. The maximum Gasteiger partial charge on any atom is 0.135 e. The molecular weight excluding hydrogens is 175 g/mol. The summed E-state index contributed by atoms with van der Waals surface area (Å²) in [6.07, 6.45) is 2.71. The molecule has 0 N–H and O–H groups in total. The van der Waals surface area contributed by atoms with E-state index in [4.69, 9.17) is 0 Å². The Kier molecular flexibility index (Phi) is 1.83. The zero-order valence-electron chi connectivity index (χ0n) is 5.99. The highest BCUT2D eigenvalue weighted by Gasteiger charge is 1.99. The van der Waals surface area contributed by atoms with Crippen LogP contribution in [0, 0.1) is 12.0 Å². The maximum atomic E-state index is 12.5. The van der Waals surface area contributed by atoms with Crippen molar-refractivity contribution in [1.82, 2.24) is 9.59 Å². The number of aromatic nitrogens is 2. The van der Waals surface area contributed by atoms with Gasteiger partial charge >= 0.3 is 0 Å². The Balaban J connectivity index is 2.43. The first-order valence-corrected chi connectivity index (χ1v) is 4.09. The van der Waals surface area contributed by atoms with Crippen LogP contribution in [0.15, 0.2) is 24.3 Å². The number of hydrogen-bond acceptors (Lipinski definition) is 3. The first-order chi connectivity index (χ1) is 5.86. The summed E-state index contributed by atoms with van der Waals surface area (Å²) in [6.45, 7) is 0. The minimum Gasteiger partial charge on any atom is -0.207 e. The minimum absolute atomic E-state index is 0.240. The van der Waals surface area contributed by atoms with E-state index in [9.17, 15) is 4.39 Å². The normalized spacial score (nSPS) is 10.1. The summed E-state index contributed by atoms with van der Waals surface area (Å²) in [4.78, 5) is 0.829. The smallest absolute Gasteiger partial charge is 0.135 e. The molecule has 1 radical (unpaired) electrons. The Hall–Kier alpha value is -1.29. The molecule has 12 heavy (non-hydrogen) atoms. The fourth-order valence-electron chi connectivity index (χ4n) is 0.866. The van der Waals surface area contributed by atoms with E-state index in [0.717, 1.165) is 10.4 Å². The van der Waals surface area contributed by atoms with E-state index < -0.39 is 0 Å². The predicted octanol–water partition coefficient (Wildman–Crippen LogP) is 2.14. The van der Waals surface area contributed by atoms with Gasteiger partial charge in [0.25, 0.3) is 0 Å². The van der Waals surface area contributed by atoms with Crippen molar-refractivity contribution in [2.75, 3.05) is 0 Å². The third-order valence-electron chi connectivity index (χ3n) is 1.43. The molecule has 0 fully saturated rings. The Morgan fingerprint density at radius 1 is 1.25 bits per heavy atom. The molecule has 2 aromatic rings. The third-order valence-corrected chi connectivity index (χ3v) is 2.10. The molecule has 0 aliphatic carbocycles. The van der Waals surface area contributed by atoms with Crippen molar-refractivity contribution in [3.8, 4) is 10.4 Å². The summed E-state index contributed by atoms with van der Waals surface area (Å²) in [6, 6.07) is 6.17. The van der Waals surface area contributed by atoms with Crippen LogP contribution < -0.4 is 0 Å². The van der Waals surface area contributed by atoms with Gasteiger partial charge in [-0.2, -0.15) is 0 Å². The molecule has 2 rings (SSSR count). The number of rotatable bonds is 1. The molecular formula is C8H4FN2S. The molecule has 1 heterocycles. The first kappa shape index (κ1) is 7.36. The Labute approximate surface area is 72.8 Å². The van der Waals surface area contributed by atoms with Gasteiger partial charge in [-0.25, -0.2) is 4.39 Å². The van der Waals surface area contributed by atoms with E-state index in [-0.39, 0.29) is 5.82 Å². The SMILES string of the molecule is Fc1ccc(-c2[c]nns2)cc1. The van der Waals surface area contributed by atoms with Crippen LogP contribution in [-0.2, 0) is 0 Å². The van der Waals surface area contributed by atoms with Crippen LogP contribution in [0.3, 0.4) is 0 Å². The van der Waals surface area contributed by atoms with Crippen LogP contribution in [0.1, 0.15) is 0 Å². The van der Waals surface area contributed by atoms with Gasteiger partial charge < -0.3 is 0 Å². The van der Waals surface area contributed by atoms with Gasteiger partial charge in [0, 0.05) is 0 Å². The fourth-order valence-corrected chi connectivity index (χ4v) is 1.35. The summed E-state index contributed by atoms with van der Waals surface area (Å²) in [7, 11) is 0. The average molecular weight is 179 g/mol. The molecule has 0 aliphatic rings. The van der Waals surface area contributed by atoms with E-state index in [1.165, 1.54) is 23.7 Å². The molecule has 0 unspecified atom stereocenters. The monoisotopic (exact) mass is 179 g/mol. The molecule has 2 nitrogen and oxygen atoms in total. The highest BCUT2D eigenvalue weighted by atomic mass is 32.1. The van der Waals surface area contributed by atoms with Crippen LogP contribution >= 0.6 is 11.5 Å². The highest BCUT2D eigenvalue weighted by Crippen LogP contribution is 2.20. The van der Waals surface area contributed by atoms with Crippen molar-refractivity contribution in [1.29, 1.82) is 0 Å². The largest absolute Gasteiger partial charge is 0.207 e. The topological polar surface area (TPSA) is 25.8 Å². The molecule has 1 aromatic heterocycles. The van der Waals surface area contributed by atoms with Crippen molar-refractivity contribution < 1.29 is 4.39 Å². The van der Waals surface area contributed by atoms with Crippen LogP contribution in [-0.4, -0.2) is 9.59 Å². The van der Waals surface area contributed by atoms with Gasteiger partial charge in [0.05, 0.1) is 4.88 Å². The fraction of sp³-hybridized carbons (Fsp3) is 0. The zero-order chi connectivity index (χ0) is 8.39. The van der Waals surface area contributed by atoms with Gasteiger partial charge in [-0.05, 0) is 29.2 Å². The van der Waals surface area contributed by atoms with Gasteiger partial charge in [0.15, 0.2) is 0 Å². The summed E-state index contributed by atoms with van der Waals surface area (Å²) in [5, 5.41) is 3.57. The van der Waals surface area contributed by atoms with Crippen LogP contribution in [0.4, 0.5) is 4.39 Å². The number of halogens is 1. The molecule has 1 aromatic carbocycles. The first-order valence-electron chi connectivity index (χ1n) is 3.32. The molecule has 0 spiro atoms. The molecule has 0 aliphatic heterocycles. The van der Waals surface area contributed by atoms with E-state index in [1.807, 2.05) is 0 Å². The predicted molar refractivity (Wildman–Crippen MR) is 44.1 cm³/mol. The van der Waals surface area contributed by atoms with Crippen molar-refractivity contribution in [3.63, 3.8) is 0 Å². The summed E-state index contributed by atoms with van der Waals surface area (Å²) < 4.78 is 16.2. The zero-order valence-corrected chi connectivity index (χ0v) is 6.81. The van der Waals surface area contributed by atoms with Gasteiger partial charge in [-0.15, -0.1) is 5.10 Å². The van der Waals surface area contributed by atoms with Crippen molar-refractivity contribution in [2.24, 2.45) is 0 Å². The third kappa shape index (κ3) is 1.33. The summed E-state index contributed by atoms with van der Waals surface area (Å²) >= 11 is 1.24. The standard InChI is InChI=1S/C8H4FN2S/c9-7-3-1-6(2-4-7)8-5-10-11-12-8/h1-4H. The quantitative estimate of drug-likeness (QED) is 0.670. The van der Waals surface area contributed by atoms with E-state index in [2.05, 4.69) is 15.8 Å². The second-order valence-corrected chi connectivity index (χ2v) is 2.97.